The minimum absolute atomic E-state index is 0.180. The van der Waals surface area contributed by atoms with Crippen molar-refractivity contribution in [3.63, 3.8) is 0 Å². The van der Waals surface area contributed by atoms with E-state index in [0.29, 0.717) is 22.5 Å². The number of H-pyrrole nitrogens is 1. The minimum atomic E-state index is 0.180. The number of hydrogen-bond acceptors (Lipinski definition) is 9. The smallest absolute Gasteiger partial charge is 0.225 e. The molecule has 32 heavy (non-hydrogen) atoms. The molecule has 10 nitrogen and oxygen atoms in total. The lowest BCUT2D eigenvalue weighted by Crippen LogP contribution is -2.30. The highest BCUT2D eigenvalue weighted by Gasteiger charge is 2.14. The van der Waals surface area contributed by atoms with Gasteiger partial charge in [0.05, 0.1) is 11.6 Å². The summed E-state index contributed by atoms with van der Waals surface area (Å²) in [5.74, 6) is 1.50. The number of nitrogens with two attached hydrogens (primary N) is 1. The summed E-state index contributed by atoms with van der Waals surface area (Å²) in [4.78, 5) is 15.4. The van der Waals surface area contributed by atoms with Gasteiger partial charge in [-0.1, -0.05) is 12.1 Å². The molecule has 1 aromatic carbocycles. The van der Waals surface area contributed by atoms with E-state index in [-0.39, 0.29) is 12.4 Å². The maximum atomic E-state index is 9.68. The largest absolute Gasteiger partial charge is 0.486 e. The summed E-state index contributed by atoms with van der Waals surface area (Å²) >= 11 is 0. The van der Waals surface area contributed by atoms with Gasteiger partial charge in [-0.2, -0.15) is 15.6 Å². The second kappa shape index (κ2) is 8.47. The van der Waals surface area contributed by atoms with Gasteiger partial charge >= 0.3 is 0 Å². The molecular weight excluding hydrogens is 406 g/mol. The number of nitrogens with zero attached hydrogens (tertiary/aromatic N) is 7. The number of nitrogen functional groups attached to an aromatic ring is 1. The fraction of sp³-hybridized carbons (Fsp3) is 0.273. The molecule has 1 saturated heterocycles. The lowest BCUT2D eigenvalue weighted by atomic mass is 10.0. The van der Waals surface area contributed by atoms with E-state index in [1.165, 1.54) is 19.3 Å². The fourth-order valence-electron chi connectivity index (χ4n) is 3.80. The molecule has 0 aliphatic carbocycles. The number of aromatic amines is 1. The van der Waals surface area contributed by atoms with E-state index >= 15 is 0 Å². The van der Waals surface area contributed by atoms with Gasteiger partial charge in [0.2, 0.25) is 11.6 Å². The molecule has 0 bridgehead atoms. The summed E-state index contributed by atoms with van der Waals surface area (Å²) in [6.07, 6.45) is 7.23. The van der Waals surface area contributed by atoms with Crippen LogP contribution in [0.5, 0.6) is 5.75 Å². The highest BCUT2D eigenvalue weighted by atomic mass is 16.5. The van der Waals surface area contributed by atoms with E-state index in [1.54, 1.807) is 6.07 Å². The summed E-state index contributed by atoms with van der Waals surface area (Å²) in [5, 5.41) is 20.2. The third-order valence-corrected chi connectivity index (χ3v) is 5.50. The number of anilines is 2. The Morgan fingerprint density at radius 3 is 2.66 bits per heavy atom. The Morgan fingerprint density at radius 1 is 1.06 bits per heavy atom. The molecule has 1 fully saturated rings. The highest BCUT2D eigenvalue weighted by molar-refractivity contribution is 5.79. The average Bonchev–Trinajstić information content (AvgIpc) is 3.31. The summed E-state index contributed by atoms with van der Waals surface area (Å²) in [5.41, 5.74) is 9.68. The zero-order valence-electron chi connectivity index (χ0n) is 17.3. The zero-order chi connectivity index (χ0) is 21.9. The monoisotopic (exact) mass is 427 g/mol. The zero-order valence-corrected chi connectivity index (χ0v) is 17.3. The van der Waals surface area contributed by atoms with Crippen molar-refractivity contribution in [2.45, 2.75) is 25.9 Å². The van der Waals surface area contributed by atoms with Crippen LogP contribution in [-0.4, -0.2) is 43.5 Å². The first kappa shape index (κ1) is 19.7. The van der Waals surface area contributed by atoms with E-state index in [0.717, 1.165) is 35.7 Å². The Kier molecular flexibility index (Phi) is 5.21. The third-order valence-electron chi connectivity index (χ3n) is 5.50. The Morgan fingerprint density at radius 2 is 1.88 bits per heavy atom. The summed E-state index contributed by atoms with van der Waals surface area (Å²) in [7, 11) is 0. The molecule has 4 heterocycles. The Bertz CT molecular complexity index is 1290. The maximum absolute atomic E-state index is 9.68. The number of piperidine rings is 1. The molecular formula is C22H21N9O. The number of benzene rings is 1. The number of nitriles is 1. The van der Waals surface area contributed by atoms with Crippen molar-refractivity contribution in [3.05, 3.63) is 47.8 Å². The third kappa shape index (κ3) is 3.88. The Labute approximate surface area is 184 Å². The Hall–Kier alpha value is -4.26. The molecule has 160 valence electrons. The molecule has 3 aromatic heterocycles. The molecule has 0 amide bonds. The SMILES string of the molecule is N#Cc1cc(-c2cnc(N3CCCCC3)nc2)ccc1COc1cc(N)nc2n[nH]nc12. The normalized spacial score (nSPS) is 13.8. The van der Waals surface area contributed by atoms with Gasteiger partial charge in [0, 0.05) is 42.7 Å². The van der Waals surface area contributed by atoms with Crippen LogP contribution >= 0.6 is 0 Å². The quantitative estimate of drug-likeness (QED) is 0.491. The molecule has 1 aliphatic heterocycles. The minimum Gasteiger partial charge on any atom is -0.486 e. The van der Waals surface area contributed by atoms with Crippen molar-refractivity contribution in [3.8, 4) is 22.9 Å². The predicted octanol–water partition coefficient (Wildman–Crippen LogP) is 2.83. The van der Waals surface area contributed by atoms with E-state index in [4.69, 9.17) is 10.5 Å². The first-order valence-corrected chi connectivity index (χ1v) is 10.4. The van der Waals surface area contributed by atoms with Crippen LogP contribution in [0, 0.1) is 11.3 Å². The van der Waals surface area contributed by atoms with Gasteiger partial charge < -0.3 is 15.4 Å². The molecule has 0 spiro atoms. The molecule has 0 atom stereocenters. The van der Waals surface area contributed by atoms with Crippen molar-refractivity contribution in [1.29, 1.82) is 5.26 Å². The molecule has 0 radical (unpaired) electrons. The van der Waals surface area contributed by atoms with E-state index in [2.05, 4.69) is 41.3 Å². The van der Waals surface area contributed by atoms with Crippen LogP contribution in [-0.2, 0) is 6.61 Å². The molecule has 3 N–H and O–H groups in total. The lowest BCUT2D eigenvalue weighted by Gasteiger charge is -2.26. The molecule has 0 saturated carbocycles. The van der Waals surface area contributed by atoms with Crippen LogP contribution in [0.25, 0.3) is 22.3 Å². The first-order chi connectivity index (χ1) is 15.7. The molecule has 4 aromatic rings. The van der Waals surface area contributed by atoms with Gasteiger partial charge in [0.25, 0.3) is 0 Å². The van der Waals surface area contributed by atoms with Gasteiger partial charge in [0.15, 0.2) is 11.3 Å². The second-order valence-corrected chi connectivity index (χ2v) is 7.63. The lowest BCUT2D eigenvalue weighted by molar-refractivity contribution is 0.309. The number of hydrogen-bond donors (Lipinski definition) is 2. The van der Waals surface area contributed by atoms with Gasteiger partial charge in [-0.05, 0) is 30.9 Å². The van der Waals surface area contributed by atoms with Crippen LogP contribution in [0.15, 0.2) is 36.7 Å². The van der Waals surface area contributed by atoms with Crippen molar-refractivity contribution in [2.75, 3.05) is 23.7 Å². The number of pyridine rings is 1. The highest BCUT2D eigenvalue weighted by Crippen LogP contribution is 2.26. The summed E-state index contributed by atoms with van der Waals surface area (Å²) in [6, 6.07) is 9.47. The number of fused-ring (bicyclic) bond motifs is 1. The molecule has 1 aliphatic rings. The van der Waals surface area contributed by atoms with Crippen molar-refractivity contribution >= 4 is 22.9 Å². The second-order valence-electron chi connectivity index (χ2n) is 7.63. The Balaban J connectivity index is 1.35. The summed E-state index contributed by atoms with van der Waals surface area (Å²) < 4.78 is 5.89. The standard InChI is InChI=1S/C22H21N9O/c23-10-16-8-14(17-11-25-22(26-12-17)31-6-2-1-3-7-31)4-5-15(16)13-32-18-9-19(24)27-21-20(18)28-30-29-21/h4-5,8-9,11-12H,1-3,6-7,13H2,(H3,24,27,28,29,30). The summed E-state index contributed by atoms with van der Waals surface area (Å²) in [6.45, 7) is 2.17. The number of nitrogens with one attached hydrogen (secondary N) is 1. The molecule has 10 heteroatoms. The van der Waals surface area contributed by atoms with Gasteiger partial charge in [-0.3, -0.25) is 0 Å². The number of ether oxygens (including phenoxy) is 1. The number of aromatic nitrogens is 6. The van der Waals surface area contributed by atoms with E-state index < -0.39 is 0 Å². The molecule has 0 unspecified atom stereocenters. The van der Waals surface area contributed by atoms with Crippen LogP contribution in [0.3, 0.4) is 0 Å². The van der Waals surface area contributed by atoms with Crippen molar-refractivity contribution in [1.82, 2.24) is 30.4 Å². The van der Waals surface area contributed by atoms with Crippen molar-refractivity contribution in [2.24, 2.45) is 0 Å². The fourth-order valence-corrected chi connectivity index (χ4v) is 3.80. The van der Waals surface area contributed by atoms with Gasteiger partial charge in [-0.25, -0.2) is 15.0 Å². The van der Waals surface area contributed by atoms with Crippen LogP contribution < -0.4 is 15.4 Å². The number of rotatable bonds is 5. The van der Waals surface area contributed by atoms with Gasteiger partial charge in [0.1, 0.15) is 12.4 Å². The predicted molar refractivity (Wildman–Crippen MR) is 119 cm³/mol. The average molecular weight is 427 g/mol. The van der Waals surface area contributed by atoms with Crippen LogP contribution in [0.4, 0.5) is 11.8 Å². The van der Waals surface area contributed by atoms with Gasteiger partial charge in [-0.15, -0.1) is 5.10 Å². The maximum Gasteiger partial charge on any atom is 0.225 e. The van der Waals surface area contributed by atoms with E-state index in [9.17, 15) is 5.26 Å². The van der Waals surface area contributed by atoms with Crippen LogP contribution in [0.2, 0.25) is 0 Å². The van der Waals surface area contributed by atoms with Crippen LogP contribution in [0.1, 0.15) is 30.4 Å². The van der Waals surface area contributed by atoms with Crippen molar-refractivity contribution < 1.29 is 4.74 Å². The first-order valence-electron chi connectivity index (χ1n) is 10.4. The topological polar surface area (TPSA) is 143 Å². The van der Waals surface area contributed by atoms with E-state index in [1.807, 2.05) is 30.6 Å². The molecule has 5 rings (SSSR count).